The quantitative estimate of drug-likeness (QED) is 0.642. The summed E-state index contributed by atoms with van der Waals surface area (Å²) in [6, 6.07) is 16.0. The van der Waals surface area contributed by atoms with Crippen molar-refractivity contribution in [2.45, 2.75) is 37.8 Å². The number of benzene rings is 2. The van der Waals surface area contributed by atoms with E-state index in [-0.39, 0.29) is 5.91 Å². The molecule has 1 heterocycles. The zero-order chi connectivity index (χ0) is 18.8. The molecule has 0 aliphatic heterocycles. The van der Waals surface area contributed by atoms with E-state index in [2.05, 4.69) is 32.2 Å². The third kappa shape index (κ3) is 3.90. The van der Waals surface area contributed by atoms with Crippen LogP contribution in [0.25, 0.3) is 5.69 Å². The van der Waals surface area contributed by atoms with E-state index >= 15 is 0 Å². The number of para-hydroxylation sites is 1. The number of rotatable bonds is 6. The molecule has 0 unspecified atom stereocenters. The molecule has 6 heteroatoms. The maximum absolute atomic E-state index is 12.5. The summed E-state index contributed by atoms with van der Waals surface area (Å²) in [7, 11) is 0. The van der Waals surface area contributed by atoms with Crippen LogP contribution in [-0.4, -0.2) is 26.4 Å². The molecule has 1 aliphatic rings. The Hall–Kier alpha value is -2.60. The Balaban J connectivity index is 1.50. The molecule has 4 rings (SSSR count). The molecule has 27 heavy (non-hydrogen) atoms. The van der Waals surface area contributed by atoms with E-state index in [0.717, 1.165) is 40.8 Å². The smallest absolute Gasteiger partial charge is 0.234 e. The summed E-state index contributed by atoms with van der Waals surface area (Å²) in [5.41, 5.74) is 4.17. The van der Waals surface area contributed by atoms with Crippen molar-refractivity contribution in [2.24, 2.45) is 0 Å². The van der Waals surface area contributed by atoms with E-state index in [4.69, 9.17) is 0 Å². The van der Waals surface area contributed by atoms with Gasteiger partial charge in [0.05, 0.1) is 5.75 Å². The number of nitrogens with one attached hydrogen (secondary N) is 1. The van der Waals surface area contributed by atoms with Gasteiger partial charge >= 0.3 is 0 Å². The van der Waals surface area contributed by atoms with Crippen molar-refractivity contribution in [3.05, 3.63) is 65.5 Å². The van der Waals surface area contributed by atoms with Crippen molar-refractivity contribution in [3.8, 4) is 5.69 Å². The number of aryl methyl sites for hydroxylation is 1. The first-order chi connectivity index (χ1) is 13.1. The highest BCUT2D eigenvalue weighted by atomic mass is 32.2. The molecule has 1 fully saturated rings. The van der Waals surface area contributed by atoms with Gasteiger partial charge in [0.15, 0.2) is 5.16 Å². The molecular formula is C21H22N4OS. The van der Waals surface area contributed by atoms with Gasteiger partial charge in [-0.1, -0.05) is 42.1 Å². The Morgan fingerprint density at radius 2 is 1.89 bits per heavy atom. The van der Waals surface area contributed by atoms with Gasteiger partial charge in [-0.3, -0.25) is 9.36 Å². The lowest BCUT2D eigenvalue weighted by molar-refractivity contribution is -0.113. The van der Waals surface area contributed by atoms with E-state index in [0.29, 0.717) is 11.7 Å². The number of carbonyl (C=O) groups is 1. The van der Waals surface area contributed by atoms with Gasteiger partial charge in [-0.25, -0.2) is 0 Å². The molecule has 1 aliphatic carbocycles. The van der Waals surface area contributed by atoms with E-state index in [1.54, 1.807) is 0 Å². The molecule has 0 atom stereocenters. The highest BCUT2D eigenvalue weighted by Gasteiger charge is 2.31. The van der Waals surface area contributed by atoms with Gasteiger partial charge in [0.25, 0.3) is 0 Å². The van der Waals surface area contributed by atoms with Crippen molar-refractivity contribution in [2.75, 3.05) is 11.1 Å². The van der Waals surface area contributed by atoms with Gasteiger partial charge in [-0.15, -0.1) is 10.2 Å². The minimum absolute atomic E-state index is 0.0377. The summed E-state index contributed by atoms with van der Waals surface area (Å²) in [6.45, 7) is 4.06. The van der Waals surface area contributed by atoms with Crippen LogP contribution in [0, 0.1) is 13.8 Å². The fourth-order valence-electron chi connectivity index (χ4n) is 3.00. The lowest BCUT2D eigenvalue weighted by Crippen LogP contribution is -2.15. The minimum Gasteiger partial charge on any atom is -0.325 e. The molecule has 2 aromatic carbocycles. The van der Waals surface area contributed by atoms with Crippen molar-refractivity contribution in [3.63, 3.8) is 0 Å². The maximum atomic E-state index is 12.5. The van der Waals surface area contributed by atoms with Crippen molar-refractivity contribution >= 4 is 23.4 Å². The SMILES string of the molecule is Cc1cccc(NC(=O)CSc2nnc(C3CC3)n2-c2ccccc2)c1C. The van der Waals surface area contributed by atoms with Crippen LogP contribution < -0.4 is 5.32 Å². The topological polar surface area (TPSA) is 59.8 Å². The van der Waals surface area contributed by atoms with Crippen molar-refractivity contribution in [1.82, 2.24) is 14.8 Å². The average molecular weight is 379 g/mol. The Morgan fingerprint density at radius 1 is 1.11 bits per heavy atom. The Labute approximate surface area is 163 Å². The molecule has 1 N–H and O–H groups in total. The monoisotopic (exact) mass is 378 g/mol. The number of nitrogens with zero attached hydrogens (tertiary/aromatic N) is 3. The predicted octanol–water partition coefficient (Wildman–Crippen LogP) is 4.49. The number of hydrogen-bond acceptors (Lipinski definition) is 4. The first-order valence-electron chi connectivity index (χ1n) is 9.13. The first kappa shape index (κ1) is 17.8. The second kappa shape index (κ2) is 7.56. The predicted molar refractivity (Wildman–Crippen MR) is 109 cm³/mol. The number of hydrogen-bond donors (Lipinski definition) is 1. The zero-order valence-corrected chi connectivity index (χ0v) is 16.3. The number of amides is 1. The van der Waals surface area contributed by atoms with Crippen LogP contribution in [0.1, 0.15) is 35.7 Å². The highest BCUT2D eigenvalue weighted by Crippen LogP contribution is 2.41. The van der Waals surface area contributed by atoms with Crippen molar-refractivity contribution in [1.29, 1.82) is 0 Å². The van der Waals surface area contributed by atoms with Crippen LogP contribution in [-0.2, 0) is 4.79 Å². The normalized spacial score (nSPS) is 13.6. The summed E-state index contributed by atoms with van der Waals surface area (Å²) >= 11 is 1.42. The van der Waals surface area contributed by atoms with Gasteiger partial charge < -0.3 is 5.32 Å². The van der Waals surface area contributed by atoms with E-state index in [9.17, 15) is 4.79 Å². The maximum Gasteiger partial charge on any atom is 0.234 e. The van der Waals surface area contributed by atoms with Crippen LogP contribution in [0.3, 0.4) is 0 Å². The number of anilines is 1. The summed E-state index contributed by atoms with van der Waals surface area (Å²) in [4.78, 5) is 12.5. The molecule has 0 radical (unpaired) electrons. The molecule has 5 nitrogen and oxygen atoms in total. The van der Waals surface area contributed by atoms with Gasteiger partial charge in [-0.2, -0.15) is 0 Å². The molecule has 0 spiro atoms. The summed E-state index contributed by atoms with van der Waals surface area (Å²) in [5.74, 6) is 1.74. The molecule has 1 aromatic heterocycles. The van der Waals surface area contributed by atoms with Crippen LogP contribution in [0.5, 0.6) is 0 Å². The average Bonchev–Trinajstić information content (AvgIpc) is 3.44. The van der Waals surface area contributed by atoms with Crippen molar-refractivity contribution < 1.29 is 4.79 Å². The number of aromatic nitrogens is 3. The first-order valence-corrected chi connectivity index (χ1v) is 10.1. The zero-order valence-electron chi connectivity index (χ0n) is 15.5. The number of thioether (sulfide) groups is 1. The molecular weight excluding hydrogens is 356 g/mol. The fraction of sp³-hybridized carbons (Fsp3) is 0.286. The molecule has 0 saturated heterocycles. The summed E-state index contributed by atoms with van der Waals surface area (Å²) in [5, 5.41) is 12.5. The highest BCUT2D eigenvalue weighted by molar-refractivity contribution is 7.99. The largest absolute Gasteiger partial charge is 0.325 e. The molecule has 1 amide bonds. The van der Waals surface area contributed by atoms with Crippen LogP contribution in [0.15, 0.2) is 53.7 Å². The van der Waals surface area contributed by atoms with Gasteiger partial charge in [0, 0.05) is 17.3 Å². The lowest BCUT2D eigenvalue weighted by atomic mass is 10.1. The van der Waals surface area contributed by atoms with Gasteiger partial charge in [-0.05, 0) is 56.0 Å². The summed E-state index contributed by atoms with van der Waals surface area (Å²) < 4.78 is 2.09. The second-order valence-electron chi connectivity index (χ2n) is 6.87. The molecule has 3 aromatic rings. The second-order valence-corrected chi connectivity index (χ2v) is 7.81. The number of carbonyl (C=O) groups excluding carboxylic acids is 1. The van der Waals surface area contributed by atoms with E-state index in [1.807, 2.05) is 50.2 Å². The van der Waals surface area contributed by atoms with Crippen LogP contribution >= 0.6 is 11.8 Å². The molecule has 138 valence electrons. The van der Waals surface area contributed by atoms with Crippen LogP contribution in [0.4, 0.5) is 5.69 Å². The lowest BCUT2D eigenvalue weighted by Gasteiger charge is -2.11. The Bertz CT molecular complexity index is 964. The Morgan fingerprint density at radius 3 is 2.63 bits per heavy atom. The minimum atomic E-state index is -0.0377. The van der Waals surface area contributed by atoms with Gasteiger partial charge in [0.1, 0.15) is 5.82 Å². The fourth-order valence-corrected chi connectivity index (χ4v) is 3.76. The van der Waals surface area contributed by atoms with E-state index < -0.39 is 0 Å². The van der Waals surface area contributed by atoms with Gasteiger partial charge in [0.2, 0.25) is 5.91 Å². The summed E-state index contributed by atoms with van der Waals surface area (Å²) in [6.07, 6.45) is 2.31. The standard InChI is InChI=1S/C21H22N4OS/c1-14-7-6-10-18(15(14)2)22-19(26)13-27-21-24-23-20(16-11-12-16)25(21)17-8-4-3-5-9-17/h3-10,16H,11-13H2,1-2H3,(H,22,26). The Kier molecular flexibility index (Phi) is 4.99. The van der Waals surface area contributed by atoms with Crippen LogP contribution in [0.2, 0.25) is 0 Å². The molecule has 1 saturated carbocycles. The third-order valence-corrected chi connectivity index (χ3v) is 5.76. The third-order valence-electron chi connectivity index (χ3n) is 4.83. The molecule has 0 bridgehead atoms. The van der Waals surface area contributed by atoms with E-state index in [1.165, 1.54) is 17.3 Å².